The summed E-state index contributed by atoms with van der Waals surface area (Å²) in [4.78, 5) is 0. The number of hydrogen-bond donors (Lipinski definition) is 1. The molecule has 0 aliphatic carbocycles. The van der Waals surface area contributed by atoms with E-state index in [1.807, 2.05) is 6.07 Å². The molecule has 0 saturated heterocycles. The van der Waals surface area contributed by atoms with Gasteiger partial charge in [0.2, 0.25) is 0 Å². The van der Waals surface area contributed by atoms with Crippen molar-refractivity contribution in [2.24, 2.45) is 0 Å². The molecule has 0 spiro atoms. The van der Waals surface area contributed by atoms with Crippen molar-refractivity contribution in [1.82, 2.24) is 5.32 Å². The Kier molecular flexibility index (Phi) is 4.73. The molecule has 0 aliphatic heterocycles. The Bertz CT molecular complexity index is 352. The highest BCUT2D eigenvalue weighted by Crippen LogP contribution is 2.18. The van der Waals surface area contributed by atoms with E-state index in [2.05, 4.69) is 37.2 Å². The van der Waals surface area contributed by atoms with Gasteiger partial charge >= 0.3 is 0 Å². The van der Waals surface area contributed by atoms with E-state index in [0.29, 0.717) is 13.2 Å². The Balaban J connectivity index is 2.35. The first kappa shape index (κ1) is 11.6. The summed E-state index contributed by atoms with van der Waals surface area (Å²) in [5, 5.41) is 3.08. The zero-order valence-corrected chi connectivity index (χ0v) is 9.34. The second kappa shape index (κ2) is 6.10. The van der Waals surface area contributed by atoms with Gasteiger partial charge < -0.3 is 10.1 Å². The summed E-state index contributed by atoms with van der Waals surface area (Å²) in [7, 11) is 0. The lowest BCUT2D eigenvalue weighted by molar-refractivity contribution is 0.314. The molecule has 80 valence electrons. The van der Waals surface area contributed by atoms with Crippen LogP contribution >= 0.6 is 0 Å². The highest BCUT2D eigenvalue weighted by Gasteiger charge is 1.98. The fraction of sp³-hybridized carbons (Fsp3) is 0.385. The van der Waals surface area contributed by atoms with Gasteiger partial charge in [-0.15, -0.1) is 6.42 Å². The summed E-state index contributed by atoms with van der Waals surface area (Å²) in [6, 6.07) is 6.17. The lowest BCUT2D eigenvalue weighted by Gasteiger charge is -2.09. The topological polar surface area (TPSA) is 21.3 Å². The van der Waals surface area contributed by atoms with Gasteiger partial charge in [0, 0.05) is 6.54 Å². The molecule has 1 rings (SSSR count). The van der Waals surface area contributed by atoms with E-state index in [-0.39, 0.29) is 0 Å². The minimum absolute atomic E-state index is 0.593. The van der Waals surface area contributed by atoms with E-state index in [0.717, 1.165) is 12.3 Å². The highest BCUT2D eigenvalue weighted by molar-refractivity contribution is 5.35. The molecule has 0 saturated carbocycles. The van der Waals surface area contributed by atoms with Crippen LogP contribution in [0.25, 0.3) is 0 Å². The van der Waals surface area contributed by atoms with Crippen molar-refractivity contribution in [2.45, 2.75) is 13.8 Å². The van der Waals surface area contributed by atoms with Crippen molar-refractivity contribution in [3.63, 3.8) is 0 Å². The van der Waals surface area contributed by atoms with E-state index in [9.17, 15) is 0 Å². The highest BCUT2D eigenvalue weighted by atomic mass is 16.5. The molecule has 15 heavy (non-hydrogen) atoms. The average molecular weight is 203 g/mol. The van der Waals surface area contributed by atoms with Gasteiger partial charge in [0.05, 0.1) is 6.54 Å². The quantitative estimate of drug-likeness (QED) is 0.583. The second-order valence-electron chi connectivity index (χ2n) is 3.50. The maximum Gasteiger partial charge on any atom is 0.122 e. The predicted octanol–water partition coefficient (Wildman–Crippen LogP) is 1.91. The summed E-state index contributed by atoms with van der Waals surface area (Å²) >= 11 is 0. The van der Waals surface area contributed by atoms with E-state index in [4.69, 9.17) is 11.2 Å². The second-order valence-corrected chi connectivity index (χ2v) is 3.50. The summed E-state index contributed by atoms with van der Waals surface area (Å²) in [5.41, 5.74) is 2.43. The van der Waals surface area contributed by atoms with Crippen molar-refractivity contribution in [2.75, 3.05) is 19.7 Å². The fourth-order valence-corrected chi connectivity index (χ4v) is 1.35. The normalized spacial score (nSPS) is 9.67. The van der Waals surface area contributed by atoms with Crippen LogP contribution in [-0.2, 0) is 0 Å². The molecule has 2 nitrogen and oxygen atoms in total. The number of terminal acetylenes is 1. The molecule has 0 fully saturated rings. The van der Waals surface area contributed by atoms with Crippen molar-refractivity contribution < 1.29 is 4.74 Å². The Morgan fingerprint density at radius 2 is 2.20 bits per heavy atom. The van der Waals surface area contributed by atoms with E-state index in [1.165, 1.54) is 11.1 Å². The average Bonchev–Trinajstić information content (AvgIpc) is 2.20. The van der Waals surface area contributed by atoms with Crippen molar-refractivity contribution >= 4 is 0 Å². The lowest BCUT2D eigenvalue weighted by atomic mass is 10.1. The maximum absolute atomic E-state index is 5.61. The van der Waals surface area contributed by atoms with Gasteiger partial charge in [-0.25, -0.2) is 0 Å². The fourth-order valence-electron chi connectivity index (χ4n) is 1.35. The van der Waals surface area contributed by atoms with E-state index >= 15 is 0 Å². The van der Waals surface area contributed by atoms with Gasteiger partial charge in [-0.1, -0.05) is 23.6 Å². The Morgan fingerprint density at radius 3 is 2.87 bits per heavy atom. The zero-order chi connectivity index (χ0) is 11.1. The third-order valence-corrected chi connectivity index (χ3v) is 2.09. The van der Waals surface area contributed by atoms with Crippen LogP contribution in [0.4, 0.5) is 0 Å². The Morgan fingerprint density at radius 1 is 1.40 bits per heavy atom. The predicted molar refractivity (Wildman–Crippen MR) is 63.1 cm³/mol. The molecule has 1 N–H and O–H groups in total. The molecule has 0 aromatic heterocycles. The third-order valence-electron chi connectivity index (χ3n) is 2.09. The summed E-state index contributed by atoms with van der Waals surface area (Å²) < 4.78 is 5.61. The number of benzene rings is 1. The van der Waals surface area contributed by atoms with Crippen LogP contribution in [0.3, 0.4) is 0 Å². The molecule has 0 radical (unpaired) electrons. The maximum atomic E-state index is 5.61. The number of hydrogen-bond acceptors (Lipinski definition) is 2. The molecular weight excluding hydrogens is 186 g/mol. The van der Waals surface area contributed by atoms with Crippen LogP contribution in [0.15, 0.2) is 18.2 Å². The molecule has 1 aromatic rings. The molecule has 1 aromatic carbocycles. The number of nitrogens with one attached hydrogen (secondary N) is 1. The monoisotopic (exact) mass is 203 g/mol. The van der Waals surface area contributed by atoms with Gasteiger partial charge in [-0.05, 0) is 25.5 Å². The molecule has 0 aliphatic rings. The van der Waals surface area contributed by atoms with Gasteiger partial charge in [0.1, 0.15) is 12.4 Å². The van der Waals surface area contributed by atoms with Gasteiger partial charge in [0.15, 0.2) is 0 Å². The molecule has 0 bridgehead atoms. The number of ether oxygens (including phenoxy) is 1. The molecule has 2 heteroatoms. The molecule has 0 amide bonds. The lowest BCUT2D eigenvalue weighted by Crippen LogP contribution is -2.21. The number of aryl methyl sites for hydroxylation is 2. The first-order valence-corrected chi connectivity index (χ1v) is 5.08. The van der Waals surface area contributed by atoms with Gasteiger partial charge in [-0.3, -0.25) is 0 Å². The van der Waals surface area contributed by atoms with Crippen LogP contribution in [-0.4, -0.2) is 19.7 Å². The van der Waals surface area contributed by atoms with Crippen LogP contribution < -0.4 is 10.1 Å². The molecule has 0 unspecified atom stereocenters. The SMILES string of the molecule is C#CCNCCOc1ccc(C)cc1C. The molecule has 0 atom stereocenters. The van der Waals surface area contributed by atoms with Gasteiger partial charge in [-0.2, -0.15) is 0 Å². The minimum atomic E-state index is 0.593. The summed E-state index contributed by atoms with van der Waals surface area (Å²) in [6.45, 7) is 6.14. The third kappa shape index (κ3) is 4.05. The van der Waals surface area contributed by atoms with Crippen molar-refractivity contribution in [3.8, 4) is 18.1 Å². The first-order valence-electron chi connectivity index (χ1n) is 5.08. The number of rotatable bonds is 5. The minimum Gasteiger partial charge on any atom is -0.492 e. The van der Waals surface area contributed by atoms with Crippen molar-refractivity contribution in [3.05, 3.63) is 29.3 Å². The first-order chi connectivity index (χ1) is 7.24. The smallest absolute Gasteiger partial charge is 0.122 e. The van der Waals surface area contributed by atoms with Crippen LogP contribution in [0.2, 0.25) is 0 Å². The molecular formula is C13H17NO. The molecule has 0 heterocycles. The van der Waals surface area contributed by atoms with E-state index < -0.39 is 0 Å². The van der Waals surface area contributed by atoms with Crippen LogP contribution in [0.5, 0.6) is 5.75 Å². The van der Waals surface area contributed by atoms with Crippen LogP contribution in [0, 0.1) is 26.2 Å². The standard InChI is InChI=1S/C13H17NO/c1-4-7-14-8-9-15-13-6-5-11(2)10-12(13)3/h1,5-6,10,14H,7-9H2,2-3H3. The zero-order valence-electron chi connectivity index (χ0n) is 9.34. The van der Waals surface area contributed by atoms with E-state index in [1.54, 1.807) is 0 Å². The van der Waals surface area contributed by atoms with Crippen molar-refractivity contribution in [1.29, 1.82) is 0 Å². The summed E-state index contributed by atoms with van der Waals surface area (Å²) in [5.74, 6) is 3.47. The largest absolute Gasteiger partial charge is 0.492 e. The Hall–Kier alpha value is -1.46. The Labute approximate surface area is 91.6 Å². The van der Waals surface area contributed by atoms with Gasteiger partial charge in [0.25, 0.3) is 0 Å². The summed E-state index contributed by atoms with van der Waals surface area (Å²) in [6.07, 6.45) is 5.11. The van der Waals surface area contributed by atoms with Crippen LogP contribution in [0.1, 0.15) is 11.1 Å².